The molecule has 26 heavy (non-hydrogen) atoms. The Labute approximate surface area is 204 Å². The summed E-state index contributed by atoms with van der Waals surface area (Å²) < 4.78 is 0. The van der Waals surface area contributed by atoms with E-state index < -0.39 is 23.8 Å². The Morgan fingerprint density at radius 2 is 0.846 bits per heavy atom. The van der Waals surface area contributed by atoms with Gasteiger partial charge >= 0.3 is 59.1 Å². The van der Waals surface area contributed by atoms with Crippen molar-refractivity contribution in [2.75, 3.05) is 0 Å². The number of rotatable bonds is 17. The van der Waals surface area contributed by atoms with Crippen LogP contribution < -0.4 is 69.3 Å². The summed E-state index contributed by atoms with van der Waals surface area (Å²) >= 11 is 0. The first-order chi connectivity index (χ1) is 11.5. The molecule has 2 unspecified atom stereocenters. The number of unbranched alkanes of at least 4 members (excludes halogenated alkanes) is 10. The monoisotopic (exact) mass is 386 g/mol. The first-order valence-corrected chi connectivity index (χ1v) is 9.96. The molecule has 0 fully saturated rings. The zero-order chi connectivity index (χ0) is 18.2. The predicted octanol–water partition coefficient (Wildman–Crippen LogP) is -2.77. The van der Waals surface area contributed by atoms with Gasteiger partial charge < -0.3 is 19.8 Å². The number of aliphatic carboxylic acids is 2. The van der Waals surface area contributed by atoms with Gasteiger partial charge in [-0.25, -0.2) is 0 Å². The molecule has 0 aliphatic heterocycles. The second-order valence-electron chi connectivity index (χ2n) is 6.96. The fraction of sp³-hybridized carbons (Fsp3) is 0.900. The first kappa shape index (κ1) is 31.6. The summed E-state index contributed by atoms with van der Waals surface area (Å²) in [5.74, 6) is -4.28. The maximum Gasteiger partial charge on any atom is 1.00 e. The second kappa shape index (κ2) is 22.2. The minimum absolute atomic E-state index is 0. The van der Waals surface area contributed by atoms with Crippen molar-refractivity contribution in [2.45, 2.75) is 104 Å². The topological polar surface area (TPSA) is 80.3 Å². The summed E-state index contributed by atoms with van der Waals surface area (Å²) in [7, 11) is 0. The maximum atomic E-state index is 11.4. The minimum atomic E-state index is -1.23. The molecule has 0 bridgehead atoms. The molecule has 0 radical (unpaired) electrons. The van der Waals surface area contributed by atoms with E-state index in [9.17, 15) is 19.8 Å². The Morgan fingerprint density at radius 3 is 1.12 bits per heavy atom. The van der Waals surface area contributed by atoms with E-state index in [1.54, 1.807) is 0 Å². The van der Waals surface area contributed by atoms with Crippen LogP contribution in [0.5, 0.6) is 0 Å². The number of hydrogen-bond acceptors (Lipinski definition) is 4. The van der Waals surface area contributed by atoms with Gasteiger partial charge in [0.1, 0.15) is 0 Å². The molecule has 0 spiro atoms. The maximum absolute atomic E-state index is 11.4. The molecule has 142 valence electrons. The zero-order valence-electron chi connectivity index (χ0n) is 17.7. The van der Waals surface area contributed by atoms with Gasteiger partial charge in [-0.05, 0) is 12.8 Å². The molecule has 0 N–H and O–H groups in total. The predicted molar refractivity (Wildman–Crippen MR) is 93.0 cm³/mol. The average molecular weight is 386 g/mol. The van der Waals surface area contributed by atoms with E-state index in [1.807, 2.05) is 0 Å². The van der Waals surface area contributed by atoms with Gasteiger partial charge in [0.05, 0.1) is 0 Å². The van der Waals surface area contributed by atoms with Gasteiger partial charge in [0.15, 0.2) is 0 Å². The van der Waals surface area contributed by atoms with Crippen molar-refractivity contribution in [3.05, 3.63) is 0 Å². The van der Waals surface area contributed by atoms with Crippen LogP contribution >= 0.6 is 0 Å². The van der Waals surface area contributed by atoms with Crippen molar-refractivity contribution in [3.8, 4) is 0 Å². The summed E-state index contributed by atoms with van der Waals surface area (Å²) in [6.07, 6.45) is 13.4. The van der Waals surface area contributed by atoms with Gasteiger partial charge in [0.2, 0.25) is 0 Å². The molecule has 0 heterocycles. The van der Waals surface area contributed by atoms with E-state index >= 15 is 0 Å². The molecule has 6 heteroatoms. The average Bonchev–Trinajstić information content (AvgIpc) is 2.54. The Hall–Kier alpha value is 0.940. The van der Waals surface area contributed by atoms with Crippen molar-refractivity contribution in [1.29, 1.82) is 0 Å². The molecule has 0 saturated heterocycles. The van der Waals surface area contributed by atoms with E-state index in [2.05, 4.69) is 13.8 Å². The largest absolute Gasteiger partial charge is 1.00 e. The van der Waals surface area contributed by atoms with Gasteiger partial charge in [-0.1, -0.05) is 90.9 Å². The van der Waals surface area contributed by atoms with E-state index in [0.717, 1.165) is 51.4 Å². The van der Waals surface area contributed by atoms with Crippen LogP contribution in [0.2, 0.25) is 0 Å². The molecule has 0 aromatic heterocycles. The quantitative estimate of drug-likeness (QED) is 0.200. The Bertz CT molecular complexity index is 306. The third-order valence-corrected chi connectivity index (χ3v) is 4.83. The number of carbonyl (C=O) groups is 2. The fourth-order valence-corrected chi connectivity index (χ4v) is 3.26. The van der Waals surface area contributed by atoms with E-state index in [-0.39, 0.29) is 59.1 Å². The molecular formula is C20H36Na2O4. The summed E-state index contributed by atoms with van der Waals surface area (Å²) in [6.45, 7) is 4.30. The van der Waals surface area contributed by atoms with Crippen LogP contribution in [0.15, 0.2) is 0 Å². The van der Waals surface area contributed by atoms with Crippen LogP contribution in [-0.2, 0) is 9.59 Å². The molecule has 0 aromatic rings. The van der Waals surface area contributed by atoms with Gasteiger partial charge in [-0.3, -0.25) is 0 Å². The number of carboxylic acid groups (broad SMARTS) is 2. The summed E-state index contributed by atoms with van der Waals surface area (Å²) in [6, 6.07) is 0. The van der Waals surface area contributed by atoms with Gasteiger partial charge in [-0.2, -0.15) is 0 Å². The summed E-state index contributed by atoms with van der Waals surface area (Å²) in [4.78, 5) is 22.8. The normalized spacial score (nSPS) is 12.5. The smallest absolute Gasteiger partial charge is 0.550 e. The van der Waals surface area contributed by atoms with E-state index in [4.69, 9.17) is 0 Å². The van der Waals surface area contributed by atoms with Crippen LogP contribution in [0.25, 0.3) is 0 Å². The summed E-state index contributed by atoms with van der Waals surface area (Å²) in [5, 5.41) is 22.8. The Kier molecular flexibility index (Phi) is 27.0. The Morgan fingerprint density at radius 1 is 0.577 bits per heavy atom. The van der Waals surface area contributed by atoms with Crippen LogP contribution in [0.1, 0.15) is 104 Å². The molecule has 4 nitrogen and oxygen atoms in total. The minimum Gasteiger partial charge on any atom is -0.550 e. The van der Waals surface area contributed by atoms with Gasteiger partial charge in [0, 0.05) is 23.8 Å². The van der Waals surface area contributed by atoms with Crippen LogP contribution in [-0.4, -0.2) is 11.9 Å². The third kappa shape index (κ3) is 17.1. The molecule has 0 aliphatic carbocycles. The molecule has 0 amide bonds. The van der Waals surface area contributed by atoms with Crippen molar-refractivity contribution in [3.63, 3.8) is 0 Å². The van der Waals surface area contributed by atoms with Gasteiger partial charge in [-0.15, -0.1) is 0 Å². The molecular weight excluding hydrogens is 350 g/mol. The summed E-state index contributed by atoms with van der Waals surface area (Å²) in [5.41, 5.74) is 0. The van der Waals surface area contributed by atoms with Crippen molar-refractivity contribution in [2.24, 2.45) is 11.8 Å². The number of carbonyl (C=O) groups excluding carboxylic acids is 2. The van der Waals surface area contributed by atoms with Crippen molar-refractivity contribution in [1.82, 2.24) is 0 Å². The SMILES string of the molecule is CCCCCCCCC(C(=O)[O-])C(CCCCCCCC)C(=O)[O-].[Na+].[Na+]. The first-order valence-electron chi connectivity index (χ1n) is 9.96. The van der Waals surface area contributed by atoms with Crippen molar-refractivity contribution < 1.29 is 78.9 Å². The fourth-order valence-electron chi connectivity index (χ4n) is 3.26. The second-order valence-corrected chi connectivity index (χ2v) is 6.96. The van der Waals surface area contributed by atoms with Gasteiger partial charge in [0.25, 0.3) is 0 Å². The molecule has 0 aromatic carbocycles. The van der Waals surface area contributed by atoms with E-state index in [1.165, 1.54) is 25.7 Å². The van der Waals surface area contributed by atoms with E-state index in [0.29, 0.717) is 12.8 Å². The third-order valence-electron chi connectivity index (χ3n) is 4.83. The zero-order valence-corrected chi connectivity index (χ0v) is 21.7. The molecule has 0 rings (SSSR count). The van der Waals surface area contributed by atoms with Crippen LogP contribution in [0.4, 0.5) is 0 Å². The standard InChI is InChI=1S/C20H38O4.2Na/c1-3-5-7-9-11-13-15-17(19(21)22)18(20(23)24)16-14-12-10-8-6-4-2;;/h17-18H,3-16H2,1-2H3,(H,21,22)(H,23,24);;/q;2*+1/p-2. The molecule has 0 aliphatic rings. The molecule has 0 saturated carbocycles. The molecule has 2 atom stereocenters. The van der Waals surface area contributed by atoms with Crippen LogP contribution in [0, 0.1) is 11.8 Å². The number of hydrogen-bond donors (Lipinski definition) is 0. The Balaban J connectivity index is -0.00000264. The number of carboxylic acids is 2. The van der Waals surface area contributed by atoms with Crippen molar-refractivity contribution >= 4 is 11.9 Å². The van der Waals surface area contributed by atoms with Crippen LogP contribution in [0.3, 0.4) is 0 Å².